The van der Waals surface area contributed by atoms with Crippen molar-refractivity contribution in [2.75, 3.05) is 0 Å². The van der Waals surface area contributed by atoms with Crippen molar-refractivity contribution in [2.45, 2.75) is 26.4 Å². The average Bonchev–Trinajstić information content (AvgIpc) is 2.94. The van der Waals surface area contributed by atoms with Crippen LogP contribution in [0.2, 0.25) is 0 Å². The van der Waals surface area contributed by atoms with Crippen LogP contribution in [0.3, 0.4) is 0 Å². The van der Waals surface area contributed by atoms with Gasteiger partial charge in [0.25, 0.3) is 0 Å². The van der Waals surface area contributed by atoms with Crippen LogP contribution in [-0.4, -0.2) is 15.7 Å². The number of fused-ring (bicyclic) bond motifs is 1. The van der Waals surface area contributed by atoms with Gasteiger partial charge in [-0.15, -0.1) is 0 Å². The van der Waals surface area contributed by atoms with Gasteiger partial charge in [-0.25, -0.2) is 0 Å². The van der Waals surface area contributed by atoms with Crippen LogP contribution in [0.5, 0.6) is 0 Å². The Kier molecular flexibility index (Phi) is 4.19. The number of hydrogen-bond acceptors (Lipinski definition) is 2. The summed E-state index contributed by atoms with van der Waals surface area (Å²) < 4.78 is 1.88. The standard InChI is InChI=1S/C18H19N3O/c1-14-5-4-6-15(11-14)12-19-18(22)9-10-21-17-8-3-2-7-16(17)13-20-21/h2-8,11,13H,9-10,12H2,1H3,(H,19,22). The monoisotopic (exact) mass is 293 g/mol. The molecule has 0 fully saturated rings. The molecule has 0 bridgehead atoms. The van der Waals surface area contributed by atoms with E-state index in [2.05, 4.69) is 16.5 Å². The van der Waals surface area contributed by atoms with E-state index in [1.807, 2.05) is 60.3 Å². The van der Waals surface area contributed by atoms with Crippen molar-refractivity contribution in [3.05, 3.63) is 65.9 Å². The summed E-state index contributed by atoms with van der Waals surface area (Å²) >= 11 is 0. The molecule has 0 spiro atoms. The minimum absolute atomic E-state index is 0.0427. The van der Waals surface area contributed by atoms with Crippen LogP contribution in [0.4, 0.5) is 0 Å². The number of aromatic nitrogens is 2. The first kappa shape index (κ1) is 14.3. The molecule has 3 rings (SSSR count). The largest absolute Gasteiger partial charge is 0.352 e. The summed E-state index contributed by atoms with van der Waals surface area (Å²) in [7, 11) is 0. The number of hydrogen-bond donors (Lipinski definition) is 1. The summed E-state index contributed by atoms with van der Waals surface area (Å²) in [5, 5.41) is 8.39. The Labute approximate surface area is 129 Å². The lowest BCUT2D eigenvalue weighted by Crippen LogP contribution is -2.24. The second kappa shape index (κ2) is 6.43. The second-order valence-corrected chi connectivity index (χ2v) is 5.44. The van der Waals surface area contributed by atoms with Crippen molar-refractivity contribution in [1.82, 2.24) is 15.1 Å². The van der Waals surface area contributed by atoms with Crippen LogP contribution >= 0.6 is 0 Å². The molecule has 1 amide bonds. The molecule has 112 valence electrons. The summed E-state index contributed by atoms with van der Waals surface area (Å²) in [6, 6.07) is 16.2. The lowest BCUT2D eigenvalue weighted by atomic mass is 10.1. The molecule has 0 saturated heterocycles. The third kappa shape index (κ3) is 3.34. The van der Waals surface area contributed by atoms with Crippen molar-refractivity contribution in [1.29, 1.82) is 0 Å². The summed E-state index contributed by atoms with van der Waals surface area (Å²) in [5.74, 6) is 0.0427. The number of rotatable bonds is 5. The minimum Gasteiger partial charge on any atom is -0.352 e. The summed E-state index contributed by atoms with van der Waals surface area (Å²) in [6.07, 6.45) is 2.26. The van der Waals surface area contributed by atoms with Gasteiger partial charge in [-0.3, -0.25) is 9.48 Å². The number of para-hydroxylation sites is 1. The van der Waals surface area contributed by atoms with Crippen LogP contribution in [0.1, 0.15) is 17.5 Å². The van der Waals surface area contributed by atoms with Crippen molar-refractivity contribution in [3.63, 3.8) is 0 Å². The van der Waals surface area contributed by atoms with Crippen molar-refractivity contribution < 1.29 is 4.79 Å². The summed E-state index contributed by atoms with van der Waals surface area (Å²) in [4.78, 5) is 12.0. The zero-order chi connectivity index (χ0) is 15.4. The molecule has 2 aromatic carbocycles. The predicted molar refractivity (Wildman–Crippen MR) is 87.4 cm³/mol. The van der Waals surface area contributed by atoms with Gasteiger partial charge in [0.2, 0.25) is 5.91 Å². The van der Waals surface area contributed by atoms with Crippen molar-refractivity contribution >= 4 is 16.8 Å². The Balaban J connectivity index is 1.54. The van der Waals surface area contributed by atoms with Gasteiger partial charge in [0.15, 0.2) is 0 Å². The SMILES string of the molecule is Cc1cccc(CNC(=O)CCn2ncc3ccccc32)c1. The molecule has 1 heterocycles. The van der Waals surface area contributed by atoms with Crippen LogP contribution in [0.25, 0.3) is 10.9 Å². The molecule has 0 atom stereocenters. The molecular weight excluding hydrogens is 274 g/mol. The smallest absolute Gasteiger partial charge is 0.222 e. The Bertz CT molecular complexity index is 792. The Hall–Kier alpha value is -2.62. The molecule has 0 aliphatic carbocycles. The Morgan fingerprint density at radius 2 is 2.05 bits per heavy atom. The fourth-order valence-corrected chi connectivity index (χ4v) is 2.52. The van der Waals surface area contributed by atoms with Crippen LogP contribution < -0.4 is 5.32 Å². The van der Waals surface area contributed by atoms with E-state index in [-0.39, 0.29) is 5.91 Å². The molecule has 0 aliphatic rings. The van der Waals surface area contributed by atoms with E-state index in [0.717, 1.165) is 16.5 Å². The summed E-state index contributed by atoms with van der Waals surface area (Å²) in [6.45, 7) is 3.21. The Morgan fingerprint density at radius 1 is 1.18 bits per heavy atom. The normalized spacial score (nSPS) is 10.8. The average molecular weight is 293 g/mol. The fraction of sp³-hybridized carbons (Fsp3) is 0.222. The number of carbonyl (C=O) groups excluding carboxylic acids is 1. The van der Waals surface area contributed by atoms with E-state index >= 15 is 0 Å². The van der Waals surface area contributed by atoms with E-state index in [1.54, 1.807) is 0 Å². The molecule has 0 saturated carbocycles. The molecule has 0 radical (unpaired) electrons. The number of benzene rings is 2. The van der Waals surface area contributed by atoms with Gasteiger partial charge in [0, 0.05) is 18.4 Å². The zero-order valence-electron chi connectivity index (χ0n) is 12.6. The molecule has 4 heteroatoms. The number of carbonyl (C=O) groups is 1. The number of nitrogens with zero attached hydrogens (tertiary/aromatic N) is 2. The second-order valence-electron chi connectivity index (χ2n) is 5.44. The highest BCUT2D eigenvalue weighted by Gasteiger charge is 2.05. The molecule has 22 heavy (non-hydrogen) atoms. The third-order valence-electron chi connectivity index (χ3n) is 3.67. The van der Waals surface area contributed by atoms with Gasteiger partial charge in [0.05, 0.1) is 18.3 Å². The minimum atomic E-state index is 0.0427. The van der Waals surface area contributed by atoms with Crippen molar-refractivity contribution in [3.8, 4) is 0 Å². The van der Waals surface area contributed by atoms with E-state index in [9.17, 15) is 4.79 Å². The van der Waals surface area contributed by atoms with E-state index in [1.165, 1.54) is 5.56 Å². The highest BCUT2D eigenvalue weighted by atomic mass is 16.1. The maximum Gasteiger partial charge on any atom is 0.222 e. The zero-order valence-corrected chi connectivity index (χ0v) is 12.6. The number of nitrogens with one attached hydrogen (secondary N) is 1. The first-order chi connectivity index (χ1) is 10.7. The predicted octanol–water partition coefficient (Wildman–Crippen LogP) is 3.05. The van der Waals surface area contributed by atoms with Crippen LogP contribution in [0.15, 0.2) is 54.7 Å². The molecule has 0 unspecified atom stereocenters. The Morgan fingerprint density at radius 3 is 2.91 bits per heavy atom. The van der Waals surface area contributed by atoms with Gasteiger partial charge < -0.3 is 5.32 Å². The van der Waals surface area contributed by atoms with Gasteiger partial charge in [-0.05, 0) is 18.6 Å². The van der Waals surface area contributed by atoms with Crippen LogP contribution in [-0.2, 0) is 17.9 Å². The van der Waals surface area contributed by atoms with Gasteiger partial charge >= 0.3 is 0 Å². The quantitative estimate of drug-likeness (QED) is 0.786. The van der Waals surface area contributed by atoms with Crippen LogP contribution in [0, 0.1) is 6.92 Å². The molecule has 4 nitrogen and oxygen atoms in total. The maximum atomic E-state index is 12.0. The number of amides is 1. The molecule has 1 N–H and O–H groups in total. The molecule has 3 aromatic rings. The molecular formula is C18H19N3O. The first-order valence-electron chi connectivity index (χ1n) is 7.45. The number of aryl methyl sites for hydroxylation is 2. The van der Waals surface area contributed by atoms with E-state index in [0.29, 0.717) is 19.5 Å². The van der Waals surface area contributed by atoms with Gasteiger partial charge in [0.1, 0.15) is 0 Å². The lowest BCUT2D eigenvalue weighted by Gasteiger charge is -2.07. The van der Waals surface area contributed by atoms with Gasteiger partial charge in [-0.2, -0.15) is 5.10 Å². The maximum absolute atomic E-state index is 12.0. The van der Waals surface area contributed by atoms with E-state index in [4.69, 9.17) is 0 Å². The summed E-state index contributed by atoms with van der Waals surface area (Å²) in [5.41, 5.74) is 3.39. The van der Waals surface area contributed by atoms with Crippen molar-refractivity contribution in [2.24, 2.45) is 0 Å². The van der Waals surface area contributed by atoms with E-state index < -0.39 is 0 Å². The first-order valence-corrected chi connectivity index (χ1v) is 7.45. The fourth-order valence-electron chi connectivity index (χ4n) is 2.52. The highest BCUT2D eigenvalue weighted by molar-refractivity contribution is 5.79. The van der Waals surface area contributed by atoms with Gasteiger partial charge in [-0.1, -0.05) is 48.0 Å². The lowest BCUT2D eigenvalue weighted by molar-refractivity contribution is -0.121. The highest BCUT2D eigenvalue weighted by Crippen LogP contribution is 2.12. The molecule has 0 aliphatic heterocycles. The molecule has 1 aromatic heterocycles. The third-order valence-corrected chi connectivity index (χ3v) is 3.67. The topological polar surface area (TPSA) is 46.9 Å².